The number of rotatable bonds is 11. The molecule has 180 valence electrons. The molecule has 33 heavy (non-hydrogen) atoms. The first-order valence-electron chi connectivity index (χ1n) is 11.5. The number of hydrogen-bond acceptors (Lipinski definition) is 3. The summed E-state index contributed by atoms with van der Waals surface area (Å²) in [4.78, 5) is 12.7. The maximum absolute atomic E-state index is 12.7. The third kappa shape index (κ3) is 8.36. The Hall–Kier alpha value is -1.46. The third-order valence-electron chi connectivity index (χ3n) is 5.93. The summed E-state index contributed by atoms with van der Waals surface area (Å²) in [6, 6.07) is 12.7. The topological polar surface area (TPSA) is 47.6 Å². The smallest absolute Gasteiger partial charge is 0.263 e. The van der Waals surface area contributed by atoms with Gasteiger partial charge in [-0.25, -0.2) is 0 Å². The molecule has 4 nitrogen and oxygen atoms in total. The lowest BCUT2D eigenvalue weighted by atomic mass is 10.0. The fraction of sp³-hybridized carbons (Fsp3) is 0.500. The molecule has 1 aliphatic carbocycles. The predicted molar refractivity (Wildman–Crippen MR) is 136 cm³/mol. The summed E-state index contributed by atoms with van der Waals surface area (Å²) >= 11 is 18.1. The zero-order valence-corrected chi connectivity index (χ0v) is 21.5. The molecule has 0 aliphatic heterocycles. The van der Waals surface area contributed by atoms with E-state index in [0.29, 0.717) is 33.3 Å². The predicted octanol–water partition coefficient (Wildman–Crippen LogP) is 7.65. The van der Waals surface area contributed by atoms with Crippen molar-refractivity contribution in [1.29, 1.82) is 0 Å². The molecule has 7 heteroatoms. The standard InChI is InChI=1S/C26H32Cl3NO3/c1-26(2,33-23-15-21(28)14-22(29)16-23)25(31)30-13-5-8-24(19-9-11-20(27)12-10-19)32-17-18-6-3-4-7-18/h9-12,14-16,18,24H,3-8,13,17H2,1-2H3,(H,30,31). The molecular formula is C26H32Cl3NO3. The van der Waals surface area contributed by atoms with E-state index in [0.717, 1.165) is 25.0 Å². The quantitative estimate of drug-likeness (QED) is 0.315. The number of nitrogens with one attached hydrogen (secondary N) is 1. The Bertz CT molecular complexity index is 891. The minimum absolute atomic E-state index is 0.0161. The number of carbonyl (C=O) groups excluding carboxylic acids is 1. The van der Waals surface area contributed by atoms with Crippen LogP contribution in [-0.4, -0.2) is 24.7 Å². The van der Waals surface area contributed by atoms with E-state index in [1.54, 1.807) is 32.0 Å². The lowest BCUT2D eigenvalue weighted by molar-refractivity contribution is -0.134. The summed E-state index contributed by atoms with van der Waals surface area (Å²) in [6.45, 7) is 4.75. The van der Waals surface area contributed by atoms with Gasteiger partial charge in [0.25, 0.3) is 5.91 Å². The molecule has 1 N–H and O–H groups in total. The highest BCUT2D eigenvalue weighted by molar-refractivity contribution is 6.34. The second kappa shape index (κ2) is 12.3. The average molecular weight is 513 g/mol. The Morgan fingerprint density at radius 3 is 2.30 bits per heavy atom. The minimum atomic E-state index is -1.07. The summed E-state index contributed by atoms with van der Waals surface area (Å²) in [5, 5.41) is 4.61. The fourth-order valence-electron chi connectivity index (χ4n) is 4.08. The Kier molecular flexibility index (Phi) is 9.75. The normalized spacial score (nSPS) is 15.4. The van der Waals surface area contributed by atoms with Crippen molar-refractivity contribution in [3.63, 3.8) is 0 Å². The average Bonchev–Trinajstić information content (AvgIpc) is 3.26. The van der Waals surface area contributed by atoms with Gasteiger partial charge in [0.15, 0.2) is 5.60 Å². The molecule has 0 aromatic heterocycles. The van der Waals surface area contributed by atoms with Crippen LogP contribution >= 0.6 is 34.8 Å². The molecule has 0 heterocycles. The maximum atomic E-state index is 12.7. The van der Waals surface area contributed by atoms with E-state index >= 15 is 0 Å². The largest absolute Gasteiger partial charge is 0.478 e. The van der Waals surface area contributed by atoms with E-state index in [2.05, 4.69) is 5.32 Å². The van der Waals surface area contributed by atoms with Gasteiger partial charge < -0.3 is 14.8 Å². The van der Waals surface area contributed by atoms with Crippen LogP contribution < -0.4 is 10.1 Å². The number of hydrogen-bond donors (Lipinski definition) is 1. The monoisotopic (exact) mass is 511 g/mol. The van der Waals surface area contributed by atoms with Gasteiger partial charge in [0.2, 0.25) is 0 Å². The van der Waals surface area contributed by atoms with Crippen molar-refractivity contribution in [2.75, 3.05) is 13.2 Å². The molecular weight excluding hydrogens is 481 g/mol. The number of halogens is 3. The second-order valence-electron chi connectivity index (χ2n) is 9.14. The summed E-state index contributed by atoms with van der Waals surface area (Å²) in [7, 11) is 0. The molecule has 2 aromatic carbocycles. The third-order valence-corrected chi connectivity index (χ3v) is 6.62. The second-order valence-corrected chi connectivity index (χ2v) is 10.4. The number of benzene rings is 2. The van der Waals surface area contributed by atoms with Gasteiger partial charge in [-0.15, -0.1) is 0 Å². The molecule has 1 amide bonds. The van der Waals surface area contributed by atoms with Gasteiger partial charge in [-0.1, -0.05) is 59.8 Å². The molecule has 2 aromatic rings. The summed E-state index contributed by atoms with van der Waals surface area (Å²) in [5.74, 6) is 0.904. The lowest BCUT2D eigenvalue weighted by Gasteiger charge is -2.26. The van der Waals surface area contributed by atoms with E-state index in [1.807, 2.05) is 24.3 Å². The van der Waals surface area contributed by atoms with Gasteiger partial charge in [0.1, 0.15) is 5.75 Å². The lowest BCUT2D eigenvalue weighted by Crippen LogP contribution is -2.46. The van der Waals surface area contributed by atoms with Crippen LogP contribution in [0.15, 0.2) is 42.5 Å². The van der Waals surface area contributed by atoms with E-state index in [4.69, 9.17) is 44.3 Å². The molecule has 1 saturated carbocycles. The van der Waals surface area contributed by atoms with Crippen molar-refractivity contribution < 1.29 is 14.3 Å². The molecule has 3 rings (SSSR count). The van der Waals surface area contributed by atoms with Crippen LogP contribution in [0.1, 0.15) is 64.0 Å². The highest BCUT2D eigenvalue weighted by Gasteiger charge is 2.30. The first kappa shape index (κ1) is 26.2. The van der Waals surface area contributed by atoms with Crippen LogP contribution in [-0.2, 0) is 9.53 Å². The van der Waals surface area contributed by atoms with Crippen LogP contribution in [0.2, 0.25) is 15.1 Å². The molecule has 0 saturated heterocycles. The van der Waals surface area contributed by atoms with Crippen molar-refractivity contribution in [2.24, 2.45) is 5.92 Å². The maximum Gasteiger partial charge on any atom is 0.263 e. The van der Waals surface area contributed by atoms with Gasteiger partial charge in [0.05, 0.1) is 12.7 Å². The van der Waals surface area contributed by atoms with Gasteiger partial charge in [-0.05, 0) is 81.3 Å². The molecule has 1 atom stereocenters. The van der Waals surface area contributed by atoms with Crippen LogP contribution in [0.3, 0.4) is 0 Å². The molecule has 1 fully saturated rings. The van der Waals surface area contributed by atoms with E-state index in [-0.39, 0.29) is 12.0 Å². The van der Waals surface area contributed by atoms with Crippen molar-refractivity contribution >= 4 is 40.7 Å². The van der Waals surface area contributed by atoms with Gasteiger partial charge in [-0.3, -0.25) is 4.79 Å². The fourth-order valence-corrected chi connectivity index (χ4v) is 4.72. The Morgan fingerprint density at radius 1 is 1.03 bits per heavy atom. The Labute approximate surface area is 211 Å². The van der Waals surface area contributed by atoms with Crippen LogP contribution in [0.5, 0.6) is 5.75 Å². The Morgan fingerprint density at radius 2 is 1.67 bits per heavy atom. The van der Waals surface area contributed by atoms with Gasteiger partial charge in [0, 0.05) is 21.6 Å². The zero-order valence-electron chi connectivity index (χ0n) is 19.2. The summed E-state index contributed by atoms with van der Waals surface area (Å²) < 4.78 is 12.2. The summed E-state index contributed by atoms with van der Waals surface area (Å²) in [5.41, 5.74) is 0.0490. The SMILES string of the molecule is CC(C)(Oc1cc(Cl)cc(Cl)c1)C(=O)NCCCC(OCC1CCCC1)c1ccc(Cl)cc1. The molecule has 0 radical (unpaired) electrons. The van der Waals surface area contributed by atoms with Crippen LogP contribution in [0.4, 0.5) is 0 Å². The van der Waals surface area contributed by atoms with E-state index < -0.39 is 5.60 Å². The highest BCUT2D eigenvalue weighted by Crippen LogP contribution is 2.30. The van der Waals surface area contributed by atoms with Crippen molar-refractivity contribution in [3.05, 3.63) is 63.1 Å². The molecule has 1 aliphatic rings. The molecule has 1 unspecified atom stereocenters. The zero-order chi connectivity index (χ0) is 23.8. The van der Waals surface area contributed by atoms with E-state index in [9.17, 15) is 4.79 Å². The molecule has 0 spiro atoms. The van der Waals surface area contributed by atoms with Crippen molar-refractivity contribution in [2.45, 2.75) is 64.1 Å². The Balaban J connectivity index is 1.50. The van der Waals surface area contributed by atoms with Gasteiger partial charge >= 0.3 is 0 Å². The van der Waals surface area contributed by atoms with Crippen LogP contribution in [0.25, 0.3) is 0 Å². The minimum Gasteiger partial charge on any atom is -0.478 e. The first-order chi connectivity index (χ1) is 15.7. The number of ether oxygens (including phenoxy) is 2. The van der Waals surface area contributed by atoms with E-state index in [1.165, 1.54) is 25.7 Å². The molecule has 0 bridgehead atoms. The van der Waals surface area contributed by atoms with Crippen LogP contribution in [0, 0.1) is 5.92 Å². The van der Waals surface area contributed by atoms with Crippen molar-refractivity contribution in [3.8, 4) is 5.75 Å². The van der Waals surface area contributed by atoms with Gasteiger partial charge in [-0.2, -0.15) is 0 Å². The first-order valence-corrected chi connectivity index (χ1v) is 12.7. The number of amides is 1. The summed E-state index contributed by atoms with van der Waals surface area (Å²) in [6.07, 6.45) is 6.66. The highest BCUT2D eigenvalue weighted by atomic mass is 35.5. The van der Waals surface area contributed by atoms with Crippen molar-refractivity contribution in [1.82, 2.24) is 5.32 Å². The number of carbonyl (C=O) groups is 1.